The molecule has 0 spiro atoms. The largest absolute Gasteiger partial charge is 0.465 e. The van der Waals surface area contributed by atoms with Crippen LogP contribution in [0.15, 0.2) is 30.3 Å². The zero-order valence-electron chi connectivity index (χ0n) is 16.9. The highest BCUT2D eigenvalue weighted by molar-refractivity contribution is 5.93. The van der Waals surface area contributed by atoms with Crippen molar-refractivity contribution in [2.45, 2.75) is 37.8 Å². The molecule has 2 aromatic rings. The van der Waals surface area contributed by atoms with Gasteiger partial charge in [-0.05, 0) is 31.7 Å². The molecule has 7 heteroatoms. The molecule has 1 aromatic carbocycles. The summed E-state index contributed by atoms with van der Waals surface area (Å²) in [6, 6.07) is 10.6. The maximum Gasteiger partial charge on any atom is 0.407 e. The molecular weight excluding hydrogens is 356 g/mol. The van der Waals surface area contributed by atoms with Crippen LogP contribution in [-0.4, -0.2) is 67.5 Å². The minimum absolute atomic E-state index is 0.0626. The third-order valence-corrected chi connectivity index (χ3v) is 5.45. The van der Waals surface area contributed by atoms with Crippen LogP contribution in [0, 0.1) is 0 Å². The van der Waals surface area contributed by atoms with Crippen LogP contribution < -0.4 is 10.2 Å². The lowest BCUT2D eigenvalue weighted by Gasteiger charge is -2.35. The molecule has 0 bridgehead atoms. The summed E-state index contributed by atoms with van der Waals surface area (Å²) in [5.74, 6) is 0.875. The molecule has 0 saturated heterocycles. The third-order valence-electron chi connectivity index (χ3n) is 5.45. The number of carboxylic acid groups (broad SMARTS) is 1. The highest BCUT2D eigenvalue weighted by Gasteiger charge is 2.28. The number of fused-ring (bicyclic) bond motifs is 1. The van der Waals surface area contributed by atoms with Crippen molar-refractivity contribution in [1.82, 2.24) is 9.88 Å². The summed E-state index contributed by atoms with van der Waals surface area (Å²) < 4.78 is 5.05. The van der Waals surface area contributed by atoms with Gasteiger partial charge in [-0.25, -0.2) is 9.78 Å². The van der Waals surface area contributed by atoms with Gasteiger partial charge in [-0.1, -0.05) is 18.2 Å². The number of aromatic nitrogens is 1. The molecule has 1 aliphatic carbocycles. The molecule has 7 nitrogen and oxygen atoms in total. The van der Waals surface area contributed by atoms with Crippen LogP contribution in [-0.2, 0) is 4.74 Å². The number of hydrogen-bond donors (Lipinski definition) is 2. The molecule has 1 aliphatic rings. The number of nitrogens with zero attached hydrogens (tertiary/aromatic N) is 3. The van der Waals surface area contributed by atoms with Gasteiger partial charge in [0.05, 0.1) is 12.1 Å². The Hall–Kier alpha value is -2.54. The number of methoxy groups -OCH3 is 1. The highest BCUT2D eigenvalue weighted by atomic mass is 16.5. The van der Waals surface area contributed by atoms with Gasteiger partial charge in [0.25, 0.3) is 0 Å². The van der Waals surface area contributed by atoms with E-state index in [1.165, 1.54) is 4.90 Å². The van der Waals surface area contributed by atoms with E-state index in [2.05, 4.69) is 22.3 Å². The first-order valence-corrected chi connectivity index (χ1v) is 9.81. The van der Waals surface area contributed by atoms with Crippen LogP contribution in [0.25, 0.3) is 10.9 Å². The van der Waals surface area contributed by atoms with E-state index < -0.39 is 6.09 Å². The average molecular weight is 386 g/mol. The van der Waals surface area contributed by atoms with E-state index in [1.54, 1.807) is 7.11 Å². The molecule has 1 heterocycles. The molecule has 2 N–H and O–H groups in total. The summed E-state index contributed by atoms with van der Waals surface area (Å²) in [6.45, 7) is 0.853. The Kier molecular flexibility index (Phi) is 6.57. The first-order valence-electron chi connectivity index (χ1n) is 9.81. The van der Waals surface area contributed by atoms with E-state index in [1.807, 2.05) is 32.3 Å². The smallest absolute Gasteiger partial charge is 0.407 e. The van der Waals surface area contributed by atoms with E-state index in [0.29, 0.717) is 19.2 Å². The SMILES string of the molecule is COCCN(C(=O)O)[C@H]1CC[C@@H](Nc2cc(N(C)C)c3ccccc3n2)CC1. The molecule has 0 radical (unpaired) electrons. The summed E-state index contributed by atoms with van der Waals surface area (Å²) in [7, 11) is 5.67. The van der Waals surface area contributed by atoms with E-state index in [0.717, 1.165) is 48.1 Å². The van der Waals surface area contributed by atoms with E-state index in [4.69, 9.17) is 9.72 Å². The van der Waals surface area contributed by atoms with Gasteiger partial charge in [0.1, 0.15) is 5.82 Å². The molecule has 0 aliphatic heterocycles. The summed E-state index contributed by atoms with van der Waals surface area (Å²) >= 11 is 0. The Morgan fingerprint density at radius 2 is 1.96 bits per heavy atom. The van der Waals surface area contributed by atoms with Gasteiger partial charge in [-0.3, -0.25) is 0 Å². The fourth-order valence-corrected chi connectivity index (χ4v) is 3.97. The number of anilines is 2. The molecule has 1 aromatic heterocycles. The number of rotatable bonds is 7. The normalized spacial score (nSPS) is 19.4. The summed E-state index contributed by atoms with van der Waals surface area (Å²) in [5, 5.41) is 14.2. The predicted octanol–water partition coefficient (Wildman–Crippen LogP) is 3.65. The fraction of sp³-hybridized carbons (Fsp3) is 0.524. The number of amides is 1. The standard InChI is InChI=1S/C21H30N4O3/c1-24(2)19-14-20(23-18-7-5-4-6-17(18)19)22-15-8-10-16(11-9-15)25(21(26)27)12-13-28-3/h4-7,14-16H,8-13H2,1-3H3,(H,22,23)(H,26,27)/t15-,16+. The van der Waals surface area contributed by atoms with Crippen molar-refractivity contribution in [2.75, 3.05) is 44.6 Å². The Morgan fingerprint density at radius 3 is 2.61 bits per heavy atom. The van der Waals surface area contributed by atoms with Crippen LogP contribution in [0.5, 0.6) is 0 Å². The number of hydrogen-bond acceptors (Lipinski definition) is 5. The molecule has 0 atom stereocenters. The minimum atomic E-state index is -0.861. The second-order valence-corrected chi connectivity index (χ2v) is 7.56. The molecule has 1 saturated carbocycles. The number of ether oxygens (including phenoxy) is 1. The Bertz CT molecular complexity index is 803. The van der Waals surface area contributed by atoms with Crippen molar-refractivity contribution in [3.8, 4) is 0 Å². The van der Waals surface area contributed by atoms with E-state index in [-0.39, 0.29) is 6.04 Å². The number of nitrogens with one attached hydrogen (secondary N) is 1. The maximum absolute atomic E-state index is 11.5. The number of benzene rings is 1. The number of para-hydroxylation sites is 1. The first kappa shape index (κ1) is 20.2. The van der Waals surface area contributed by atoms with Crippen molar-refractivity contribution in [1.29, 1.82) is 0 Å². The third kappa shape index (κ3) is 4.65. The van der Waals surface area contributed by atoms with Gasteiger partial charge in [0, 0.05) is 57.0 Å². The summed E-state index contributed by atoms with van der Waals surface area (Å²) in [6.07, 6.45) is 2.68. The van der Waals surface area contributed by atoms with Crippen LogP contribution in [0.1, 0.15) is 25.7 Å². The molecular formula is C21H30N4O3. The van der Waals surface area contributed by atoms with Crippen molar-refractivity contribution in [3.05, 3.63) is 30.3 Å². The zero-order chi connectivity index (χ0) is 20.1. The first-order chi connectivity index (χ1) is 13.5. The van der Waals surface area contributed by atoms with Crippen molar-refractivity contribution in [3.63, 3.8) is 0 Å². The highest BCUT2D eigenvalue weighted by Crippen LogP contribution is 2.30. The quantitative estimate of drug-likeness (QED) is 0.756. The Morgan fingerprint density at radius 1 is 1.25 bits per heavy atom. The second kappa shape index (κ2) is 9.10. The van der Waals surface area contributed by atoms with Gasteiger partial charge >= 0.3 is 6.09 Å². The molecule has 0 unspecified atom stereocenters. The van der Waals surface area contributed by atoms with Crippen molar-refractivity contribution in [2.24, 2.45) is 0 Å². The lowest BCUT2D eigenvalue weighted by atomic mass is 9.90. The minimum Gasteiger partial charge on any atom is -0.465 e. The Labute approximate surface area is 166 Å². The Balaban J connectivity index is 1.67. The summed E-state index contributed by atoms with van der Waals surface area (Å²) in [5.41, 5.74) is 2.11. The van der Waals surface area contributed by atoms with Gasteiger partial charge < -0.3 is 25.0 Å². The number of carbonyl (C=O) groups is 1. The fourth-order valence-electron chi connectivity index (χ4n) is 3.97. The van der Waals surface area contributed by atoms with Crippen molar-refractivity contribution >= 4 is 28.5 Å². The molecule has 3 rings (SSSR count). The van der Waals surface area contributed by atoms with Gasteiger partial charge in [-0.15, -0.1) is 0 Å². The molecule has 1 amide bonds. The van der Waals surface area contributed by atoms with Gasteiger partial charge in [0.2, 0.25) is 0 Å². The van der Waals surface area contributed by atoms with Crippen molar-refractivity contribution < 1.29 is 14.6 Å². The topological polar surface area (TPSA) is 77.9 Å². The molecule has 28 heavy (non-hydrogen) atoms. The van der Waals surface area contributed by atoms with Gasteiger partial charge in [0.15, 0.2) is 0 Å². The van der Waals surface area contributed by atoms with Gasteiger partial charge in [-0.2, -0.15) is 0 Å². The molecule has 1 fully saturated rings. The maximum atomic E-state index is 11.5. The van der Waals surface area contributed by atoms with Crippen LogP contribution >= 0.6 is 0 Å². The van der Waals surface area contributed by atoms with E-state index in [9.17, 15) is 9.90 Å². The second-order valence-electron chi connectivity index (χ2n) is 7.56. The predicted molar refractivity (Wildman–Crippen MR) is 112 cm³/mol. The molecule has 152 valence electrons. The van der Waals surface area contributed by atoms with E-state index >= 15 is 0 Å². The van der Waals surface area contributed by atoms with Crippen LogP contribution in [0.4, 0.5) is 16.3 Å². The lowest BCUT2D eigenvalue weighted by Crippen LogP contribution is -2.44. The van der Waals surface area contributed by atoms with Crippen LogP contribution in [0.3, 0.4) is 0 Å². The lowest BCUT2D eigenvalue weighted by molar-refractivity contribution is 0.0854. The summed E-state index contributed by atoms with van der Waals surface area (Å²) in [4.78, 5) is 19.9. The zero-order valence-corrected chi connectivity index (χ0v) is 16.9. The average Bonchev–Trinajstić information content (AvgIpc) is 2.68. The monoisotopic (exact) mass is 386 g/mol. The van der Waals surface area contributed by atoms with Crippen LogP contribution in [0.2, 0.25) is 0 Å². The number of pyridine rings is 1.